The van der Waals surface area contributed by atoms with Gasteiger partial charge in [0.15, 0.2) is 6.54 Å². The number of carbonyl (C=O) groups is 1. The van der Waals surface area contributed by atoms with Gasteiger partial charge in [-0.25, -0.2) is 8.42 Å². The molecule has 5 rings (SSSR count). The topological polar surface area (TPSA) is 62.1 Å². The molecule has 0 unspecified atom stereocenters. The number of amides is 1. The van der Waals surface area contributed by atoms with Crippen molar-refractivity contribution in [2.24, 2.45) is 0 Å². The summed E-state index contributed by atoms with van der Waals surface area (Å²) in [4.78, 5) is 16.2. The van der Waals surface area contributed by atoms with E-state index in [9.17, 15) is 13.2 Å². The summed E-state index contributed by atoms with van der Waals surface area (Å²) in [6.45, 7) is 3.25. The average Bonchev–Trinajstić information content (AvgIpc) is 3.23. The first-order chi connectivity index (χ1) is 15.0. The van der Waals surface area contributed by atoms with Gasteiger partial charge < -0.3 is 9.80 Å². The van der Waals surface area contributed by atoms with Gasteiger partial charge in [-0.1, -0.05) is 48.5 Å². The first-order valence-corrected chi connectivity index (χ1v) is 12.2. The molecule has 160 valence electrons. The first-order valence-electron chi connectivity index (χ1n) is 10.7. The second-order valence-corrected chi connectivity index (χ2v) is 10.2. The van der Waals surface area contributed by atoms with Crippen molar-refractivity contribution >= 4 is 32.4 Å². The van der Waals surface area contributed by atoms with Crippen molar-refractivity contribution in [2.45, 2.75) is 11.3 Å². The smallest absolute Gasteiger partial charge is 0.282 e. The van der Waals surface area contributed by atoms with Crippen LogP contribution in [-0.4, -0.2) is 57.9 Å². The molecule has 0 saturated carbocycles. The van der Waals surface area contributed by atoms with Crippen LogP contribution < -0.4 is 9.80 Å². The van der Waals surface area contributed by atoms with Gasteiger partial charge in [-0.3, -0.25) is 4.79 Å². The van der Waals surface area contributed by atoms with E-state index >= 15 is 0 Å². The number of hydrogen-bond donors (Lipinski definition) is 1. The van der Waals surface area contributed by atoms with Crippen LogP contribution in [0.4, 0.5) is 5.69 Å². The van der Waals surface area contributed by atoms with Gasteiger partial charge in [-0.15, -0.1) is 0 Å². The minimum absolute atomic E-state index is 0.116. The van der Waals surface area contributed by atoms with Gasteiger partial charge in [0.2, 0.25) is 10.0 Å². The Morgan fingerprint density at radius 3 is 2.39 bits per heavy atom. The third-order valence-corrected chi connectivity index (χ3v) is 8.27. The van der Waals surface area contributed by atoms with Crippen molar-refractivity contribution in [1.82, 2.24) is 4.31 Å². The van der Waals surface area contributed by atoms with Gasteiger partial charge in [-0.2, -0.15) is 4.31 Å². The number of fused-ring (bicyclic) bond motifs is 2. The number of anilines is 1. The third-order valence-electron chi connectivity index (χ3n) is 6.38. The number of sulfonamides is 1. The zero-order valence-corrected chi connectivity index (χ0v) is 18.1. The number of carbonyl (C=O) groups excluding carboxylic acids is 1. The Morgan fingerprint density at radius 2 is 1.58 bits per heavy atom. The van der Waals surface area contributed by atoms with Crippen LogP contribution in [0.3, 0.4) is 0 Å². The summed E-state index contributed by atoms with van der Waals surface area (Å²) in [6.07, 6.45) is 0.898. The fourth-order valence-corrected chi connectivity index (χ4v) is 6.08. The van der Waals surface area contributed by atoms with E-state index in [1.807, 2.05) is 53.4 Å². The van der Waals surface area contributed by atoms with Crippen LogP contribution in [0.15, 0.2) is 71.6 Å². The van der Waals surface area contributed by atoms with Gasteiger partial charge in [0.25, 0.3) is 5.91 Å². The van der Waals surface area contributed by atoms with Crippen LogP contribution in [-0.2, 0) is 21.2 Å². The Hall–Kier alpha value is -2.74. The molecule has 1 saturated heterocycles. The molecule has 0 aliphatic carbocycles. The van der Waals surface area contributed by atoms with E-state index in [1.165, 1.54) is 5.56 Å². The maximum absolute atomic E-state index is 13.1. The summed E-state index contributed by atoms with van der Waals surface area (Å²) in [5, 5.41) is 1.95. The fourth-order valence-electron chi connectivity index (χ4n) is 4.60. The van der Waals surface area contributed by atoms with E-state index < -0.39 is 10.0 Å². The van der Waals surface area contributed by atoms with E-state index in [0.29, 0.717) is 37.6 Å². The molecule has 2 heterocycles. The standard InChI is InChI=1S/C24H25N3O3S/c28-24(27-12-11-20-6-3-4-8-23(20)27)18-25-13-15-26(16-14-25)31(29,30)22-10-9-19-5-1-2-7-21(19)17-22/h1-10,17H,11-16,18H2/p+1. The molecule has 6 nitrogen and oxygen atoms in total. The highest BCUT2D eigenvalue weighted by molar-refractivity contribution is 7.89. The van der Waals surface area contributed by atoms with Gasteiger partial charge in [-0.05, 0) is 41.0 Å². The lowest BCUT2D eigenvalue weighted by atomic mass is 10.1. The van der Waals surface area contributed by atoms with Crippen LogP contribution in [0.1, 0.15) is 5.56 Å². The Morgan fingerprint density at radius 1 is 0.871 bits per heavy atom. The maximum atomic E-state index is 13.1. The van der Waals surface area contributed by atoms with E-state index in [-0.39, 0.29) is 5.91 Å². The van der Waals surface area contributed by atoms with Gasteiger partial charge >= 0.3 is 0 Å². The average molecular weight is 437 g/mol. The maximum Gasteiger partial charge on any atom is 0.282 e. The van der Waals surface area contributed by atoms with Crippen molar-refractivity contribution in [3.63, 3.8) is 0 Å². The van der Waals surface area contributed by atoms with Crippen molar-refractivity contribution in [2.75, 3.05) is 44.2 Å². The zero-order valence-electron chi connectivity index (χ0n) is 17.3. The number of nitrogens with zero attached hydrogens (tertiary/aromatic N) is 2. The molecule has 3 aromatic carbocycles. The number of nitrogens with one attached hydrogen (secondary N) is 1. The minimum atomic E-state index is -3.54. The summed E-state index contributed by atoms with van der Waals surface area (Å²) in [6, 6.07) is 21.1. The molecule has 2 aliphatic heterocycles. The fraction of sp³-hybridized carbons (Fsp3) is 0.292. The quantitative estimate of drug-likeness (QED) is 0.671. The number of benzene rings is 3. The molecule has 7 heteroatoms. The Kier molecular flexibility index (Phi) is 5.25. The lowest BCUT2D eigenvalue weighted by Crippen LogP contribution is -3.15. The molecular weight excluding hydrogens is 410 g/mol. The monoisotopic (exact) mass is 436 g/mol. The number of quaternary nitrogens is 1. The molecule has 2 aliphatic rings. The predicted molar refractivity (Wildman–Crippen MR) is 121 cm³/mol. The summed E-state index contributed by atoms with van der Waals surface area (Å²) < 4.78 is 27.8. The Labute approximate surface area is 182 Å². The number of piperazine rings is 1. The molecule has 0 radical (unpaired) electrons. The second-order valence-electron chi connectivity index (χ2n) is 8.26. The van der Waals surface area contributed by atoms with Crippen LogP contribution in [0.25, 0.3) is 10.8 Å². The lowest BCUT2D eigenvalue weighted by molar-refractivity contribution is -0.895. The van der Waals surface area contributed by atoms with Crippen LogP contribution in [0.2, 0.25) is 0 Å². The number of hydrogen-bond acceptors (Lipinski definition) is 3. The molecule has 1 fully saturated rings. The summed E-state index contributed by atoms with van der Waals surface area (Å²) in [7, 11) is -3.54. The first kappa shape index (κ1) is 20.2. The van der Waals surface area contributed by atoms with Gasteiger partial charge in [0.05, 0.1) is 31.1 Å². The van der Waals surface area contributed by atoms with Crippen molar-refractivity contribution in [1.29, 1.82) is 0 Å². The van der Waals surface area contributed by atoms with Crippen LogP contribution in [0.5, 0.6) is 0 Å². The highest BCUT2D eigenvalue weighted by Crippen LogP contribution is 2.27. The van der Waals surface area contributed by atoms with E-state index in [2.05, 4.69) is 6.07 Å². The second kappa shape index (κ2) is 8.07. The number of rotatable bonds is 4. The molecule has 0 bridgehead atoms. The third kappa shape index (κ3) is 3.84. The predicted octanol–water partition coefficient (Wildman–Crippen LogP) is 1.32. The highest BCUT2D eigenvalue weighted by atomic mass is 32.2. The van der Waals surface area contributed by atoms with Crippen molar-refractivity contribution in [3.05, 3.63) is 72.3 Å². The van der Waals surface area contributed by atoms with Crippen molar-refractivity contribution in [3.8, 4) is 0 Å². The molecule has 0 aromatic heterocycles. The summed E-state index contributed by atoms with van der Waals surface area (Å²) in [5.41, 5.74) is 2.24. The molecular formula is C24H26N3O3S+. The summed E-state index contributed by atoms with van der Waals surface area (Å²) >= 11 is 0. The van der Waals surface area contributed by atoms with Crippen LogP contribution in [0, 0.1) is 0 Å². The molecule has 0 spiro atoms. The molecule has 31 heavy (non-hydrogen) atoms. The van der Waals surface area contributed by atoms with Gasteiger partial charge in [0.1, 0.15) is 0 Å². The highest BCUT2D eigenvalue weighted by Gasteiger charge is 2.33. The van der Waals surface area contributed by atoms with Gasteiger partial charge in [0, 0.05) is 12.2 Å². The largest absolute Gasteiger partial charge is 0.325 e. The Bertz CT molecular complexity index is 1230. The van der Waals surface area contributed by atoms with Crippen LogP contribution >= 0.6 is 0 Å². The minimum Gasteiger partial charge on any atom is -0.325 e. The van der Waals surface area contributed by atoms with E-state index in [0.717, 1.165) is 34.3 Å². The normalized spacial score (nSPS) is 17.7. The van der Waals surface area contributed by atoms with Crippen molar-refractivity contribution < 1.29 is 18.1 Å². The summed E-state index contributed by atoms with van der Waals surface area (Å²) in [5.74, 6) is 0.116. The zero-order chi connectivity index (χ0) is 21.4. The van der Waals surface area contributed by atoms with E-state index in [1.54, 1.807) is 16.4 Å². The number of para-hydroxylation sites is 1. The molecule has 3 aromatic rings. The Balaban J connectivity index is 1.23. The molecule has 1 N–H and O–H groups in total. The van der Waals surface area contributed by atoms with E-state index in [4.69, 9.17) is 0 Å². The lowest BCUT2D eigenvalue weighted by Gasteiger charge is -2.32. The molecule has 0 atom stereocenters. The molecule has 1 amide bonds. The SMILES string of the molecule is O=C(C[NH+]1CCN(S(=O)(=O)c2ccc3ccccc3c2)CC1)N1CCc2ccccc21.